The van der Waals surface area contributed by atoms with E-state index in [-0.39, 0.29) is 6.10 Å². The number of fused-ring (bicyclic) bond motifs is 1. The summed E-state index contributed by atoms with van der Waals surface area (Å²) >= 11 is 0. The van der Waals surface area contributed by atoms with Gasteiger partial charge in [-0.05, 0) is 35.7 Å². The van der Waals surface area contributed by atoms with Gasteiger partial charge in [0, 0.05) is 6.54 Å². The lowest BCUT2D eigenvalue weighted by Gasteiger charge is -2.12. The number of hydrogen-bond acceptors (Lipinski definition) is 2. The van der Waals surface area contributed by atoms with Crippen molar-refractivity contribution in [1.29, 1.82) is 0 Å². The van der Waals surface area contributed by atoms with E-state index in [0.717, 1.165) is 13.0 Å². The molecule has 0 saturated carbocycles. The Bertz CT molecular complexity index is 495. The average Bonchev–Trinajstić information content (AvgIpc) is 2.39. The van der Waals surface area contributed by atoms with Gasteiger partial charge in [-0.15, -0.1) is 0 Å². The zero-order chi connectivity index (χ0) is 12.8. The summed E-state index contributed by atoms with van der Waals surface area (Å²) in [5.41, 5.74) is 1.19. The lowest BCUT2D eigenvalue weighted by atomic mass is 10.0. The largest absolute Gasteiger partial charge is 0.391 e. The molecule has 0 heterocycles. The Labute approximate surface area is 109 Å². The van der Waals surface area contributed by atoms with E-state index < -0.39 is 0 Å². The molecule has 18 heavy (non-hydrogen) atoms. The highest BCUT2D eigenvalue weighted by atomic mass is 16.3. The van der Waals surface area contributed by atoms with Crippen molar-refractivity contribution in [2.75, 3.05) is 13.1 Å². The van der Waals surface area contributed by atoms with Gasteiger partial charge in [0.15, 0.2) is 0 Å². The summed E-state index contributed by atoms with van der Waals surface area (Å²) in [6, 6.07) is 14.7. The minimum atomic E-state index is -0.308. The summed E-state index contributed by atoms with van der Waals surface area (Å²) in [6.45, 7) is 3.76. The molecule has 2 nitrogen and oxygen atoms in total. The second-order valence-electron chi connectivity index (χ2n) is 4.74. The molecule has 0 saturated heterocycles. The van der Waals surface area contributed by atoms with Crippen LogP contribution in [0.15, 0.2) is 42.5 Å². The molecule has 2 N–H and O–H groups in total. The highest BCUT2D eigenvalue weighted by molar-refractivity contribution is 5.82. The molecule has 1 atom stereocenters. The van der Waals surface area contributed by atoms with Crippen LogP contribution in [0.2, 0.25) is 0 Å². The van der Waals surface area contributed by atoms with Crippen molar-refractivity contribution in [2.24, 2.45) is 0 Å². The van der Waals surface area contributed by atoms with Crippen LogP contribution in [0.25, 0.3) is 10.8 Å². The van der Waals surface area contributed by atoms with Crippen molar-refractivity contribution in [1.82, 2.24) is 5.32 Å². The number of hydrogen-bond donors (Lipinski definition) is 2. The molecular weight excluding hydrogens is 222 g/mol. The number of aliphatic hydroxyl groups is 1. The first-order chi connectivity index (χ1) is 8.79. The first-order valence-corrected chi connectivity index (χ1v) is 6.66. The number of aliphatic hydroxyl groups excluding tert-OH is 1. The van der Waals surface area contributed by atoms with Gasteiger partial charge in [-0.1, -0.05) is 49.4 Å². The predicted molar refractivity (Wildman–Crippen MR) is 76.8 cm³/mol. The van der Waals surface area contributed by atoms with Crippen LogP contribution in [0.3, 0.4) is 0 Å². The lowest BCUT2D eigenvalue weighted by molar-refractivity contribution is 0.172. The monoisotopic (exact) mass is 243 g/mol. The van der Waals surface area contributed by atoms with Crippen LogP contribution >= 0.6 is 0 Å². The summed E-state index contributed by atoms with van der Waals surface area (Å²) in [6.07, 6.45) is 1.50. The maximum absolute atomic E-state index is 9.94. The van der Waals surface area contributed by atoms with E-state index in [1.807, 2.05) is 12.1 Å². The minimum Gasteiger partial charge on any atom is -0.391 e. The zero-order valence-corrected chi connectivity index (χ0v) is 10.9. The molecule has 2 aromatic carbocycles. The fourth-order valence-corrected chi connectivity index (χ4v) is 2.16. The SMILES string of the molecule is CCCNCC(O)Cc1ccc2ccccc2c1. The molecule has 2 heteroatoms. The summed E-state index contributed by atoms with van der Waals surface area (Å²) < 4.78 is 0. The molecule has 0 aliphatic heterocycles. The zero-order valence-electron chi connectivity index (χ0n) is 10.9. The molecule has 96 valence electrons. The third kappa shape index (κ3) is 3.56. The molecule has 0 fully saturated rings. The van der Waals surface area contributed by atoms with E-state index >= 15 is 0 Å². The molecule has 0 aromatic heterocycles. The van der Waals surface area contributed by atoms with Crippen molar-refractivity contribution >= 4 is 10.8 Å². The quantitative estimate of drug-likeness (QED) is 0.765. The van der Waals surface area contributed by atoms with E-state index in [4.69, 9.17) is 0 Å². The molecule has 0 aliphatic rings. The lowest BCUT2D eigenvalue weighted by Crippen LogP contribution is -2.28. The smallest absolute Gasteiger partial charge is 0.0704 e. The Hall–Kier alpha value is -1.38. The molecule has 0 bridgehead atoms. The highest BCUT2D eigenvalue weighted by Gasteiger charge is 2.05. The standard InChI is InChI=1S/C16H21NO/c1-2-9-17-12-16(18)11-13-7-8-14-5-3-4-6-15(14)10-13/h3-8,10,16-18H,2,9,11-12H2,1H3. The molecule has 2 rings (SSSR count). The fourth-order valence-electron chi connectivity index (χ4n) is 2.16. The summed E-state index contributed by atoms with van der Waals surface area (Å²) in [4.78, 5) is 0. The van der Waals surface area contributed by atoms with Gasteiger partial charge in [-0.2, -0.15) is 0 Å². The van der Waals surface area contributed by atoms with E-state index in [2.05, 4.69) is 42.6 Å². The predicted octanol–water partition coefficient (Wildman–Crippen LogP) is 2.74. The summed E-state index contributed by atoms with van der Waals surface area (Å²) in [5, 5.41) is 15.7. The van der Waals surface area contributed by atoms with Crippen LogP contribution in [0.5, 0.6) is 0 Å². The molecule has 0 amide bonds. The molecule has 0 spiro atoms. The molecule has 0 radical (unpaired) electrons. The van der Waals surface area contributed by atoms with Crippen molar-refractivity contribution in [3.8, 4) is 0 Å². The Kier molecular flexibility index (Phi) is 4.73. The first-order valence-electron chi connectivity index (χ1n) is 6.66. The number of nitrogens with one attached hydrogen (secondary N) is 1. The number of benzene rings is 2. The Balaban J connectivity index is 1.98. The van der Waals surface area contributed by atoms with Gasteiger partial charge in [-0.25, -0.2) is 0 Å². The topological polar surface area (TPSA) is 32.3 Å². The van der Waals surface area contributed by atoms with Crippen LogP contribution in [0.1, 0.15) is 18.9 Å². The maximum atomic E-state index is 9.94. The third-order valence-electron chi connectivity index (χ3n) is 3.09. The van der Waals surface area contributed by atoms with E-state index in [9.17, 15) is 5.11 Å². The van der Waals surface area contributed by atoms with Crippen LogP contribution in [-0.4, -0.2) is 24.3 Å². The molecule has 2 aromatic rings. The van der Waals surface area contributed by atoms with E-state index in [1.54, 1.807) is 0 Å². The average molecular weight is 243 g/mol. The van der Waals surface area contributed by atoms with Crippen LogP contribution < -0.4 is 5.32 Å². The van der Waals surface area contributed by atoms with Crippen molar-refractivity contribution in [2.45, 2.75) is 25.9 Å². The van der Waals surface area contributed by atoms with Crippen molar-refractivity contribution in [3.63, 3.8) is 0 Å². The van der Waals surface area contributed by atoms with Crippen molar-refractivity contribution in [3.05, 3.63) is 48.0 Å². The van der Waals surface area contributed by atoms with Crippen LogP contribution in [-0.2, 0) is 6.42 Å². The third-order valence-corrected chi connectivity index (χ3v) is 3.09. The van der Waals surface area contributed by atoms with Crippen LogP contribution in [0.4, 0.5) is 0 Å². The Morgan fingerprint density at radius 2 is 1.89 bits per heavy atom. The van der Waals surface area contributed by atoms with Gasteiger partial charge in [0.05, 0.1) is 6.10 Å². The van der Waals surface area contributed by atoms with Crippen molar-refractivity contribution < 1.29 is 5.11 Å². The molecule has 0 aliphatic carbocycles. The van der Waals surface area contributed by atoms with Gasteiger partial charge >= 0.3 is 0 Å². The molecular formula is C16H21NO. The van der Waals surface area contributed by atoms with Gasteiger partial charge < -0.3 is 10.4 Å². The van der Waals surface area contributed by atoms with E-state index in [1.165, 1.54) is 16.3 Å². The Morgan fingerprint density at radius 1 is 1.11 bits per heavy atom. The van der Waals surface area contributed by atoms with Gasteiger partial charge in [0.2, 0.25) is 0 Å². The maximum Gasteiger partial charge on any atom is 0.0704 e. The minimum absolute atomic E-state index is 0.308. The highest BCUT2D eigenvalue weighted by Crippen LogP contribution is 2.16. The molecule has 1 unspecified atom stereocenters. The second-order valence-corrected chi connectivity index (χ2v) is 4.74. The number of rotatable bonds is 6. The van der Waals surface area contributed by atoms with Gasteiger partial charge in [0.1, 0.15) is 0 Å². The second kappa shape index (κ2) is 6.53. The Morgan fingerprint density at radius 3 is 2.67 bits per heavy atom. The fraction of sp³-hybridized carbons (Fsp3) is 0.375. The van der Waals surface area contributed by atoms with Gasteiger partial charge in [0.25, 0.3) is 0 Å². The normalized spacial score (nSPS) is 12.8. The van der Waals surface area contributed by atoms with Gasteiger partial charge in [-0.3, -0.25) is 0 Å². The summed E-state index contributed by atoms with van der Waals surface area (Å²) in [7, 11) is 0. The summed E-state index contributed by atoms with van der Waals surface area (Å²) in [5.74, 6) is 0. The first kappa shape index (κ1) is 13.1. The van der Waals surface area contributed by atoms with E-state index in [0.29, 0.717) is 13.0 Å². The van der Waals surface area contributed by atoms with Crippen LogP contribution in [0, 0.1) is 0 Å².